The number of carboxylic acids is 1. The number of aliphatic carboxylic acids is 1. The van der Waals surface area contributed by atoms with E-state index in [1.54, 1.807) is 43.6 Å². The molecule has 0 aliphatic rings. The normalized spacial score (nSPS) is 10.2. The van der Waals surface area contributed by atoms with Crippen molar-refractivity contribution in [1.82, 2.24) is 9.97 Å². The summed E-state index contributed by atoms with van der Waals surface area (Å²) in [7, 11) is 0. The van der Waals surface area contributed by atoms with Crippen molar-refractivity contribution in [3.8, 4) is 11.5 Å². The molecule has 0 amide bonds. The van der Waals surface area contributed by atoms with Gasteiger partial charge in [0.1, 0.15) is 17.1 Å². The van der Waals surface area contributed by atoms with Gasteiger partial charge in [0.25, 0.3) is 5.56 Å². The van der Waals surface area contributed by atoms with Crippen LogP contribution in [-0.2, 0) is 4.79 Å². The van der Waals surface area contributed by atoms with Gasteiger partial charge in [0.15, 0.2) is 12.4 Å². The summed E-state index contributed by atoms with van der Waals surface area (Å²) >= 11 is 0. The molecule has 154 valence electrons. The average molecular weight is 408 g/mol. The number of aromatic hydroxyl groups is 1. The summed E-state index contributed by atoms with van der Waals surface area (Å²) in [5, 5.41) is 18.3. The Morgan fingerprint density at radius 2 is 1.87 bits per heavy atom. The Morgan fingerprint density at radius 1 is 1.13 bits per heavy atom. The van der Waals surface area contributed by atoms with E-state index in [9.17, 15) is 19.5 Å². The first-order chi connectivity index (χ1) is 14.4. The Hall–Kier alpha value is -4.20. The number of allylic oxidation sites excluding steroid dienone is 1. The highest BCUT2D eigenvalue weighted by Crippen LogP contribution is 2.17. The second-order valence-electron chi connectivity index (χ2n) is 6.02. The molecule has 0 saturated heterocycles. The van der Waals surface area contributed by atoms with Gasteiger partial charge in [-0.3, -0.25) is 14.6 Å². The van der Waals surface area contributed by atoms with Crippen molar-refractivity contribution in [2.75, 3.05) is 6.61 Å². The highest BCUT2D eigenvalue weighted by atomic mass is 16.5. The monoisotopic (exact) mass is 408 g/mol. The number of H-pyrrole nitrogens is 1. The van der Waals surface area contributed by atoms with Crippen molar-refractivity contribution in [2.24, 2.45) is 0 Å². The van der Waals surface area contributed by atoms with E-state index in [4.69, 9.17) is 9.84 Å². The summed E-state index contributed by atoms with van der Waals surface area (Å²) in [6.07, 6.45) is 6.09. The molecule has 8 nitrogen and oxygen atoms in total. The van der Waals surface area contributed by atoms with Crippen molar-refractivity contribution in [3.63, 3.8) is 0 Å². The third kappa shape index (κ3) is 7.08. The van der Waals surface area contributed by atoms with E-state index in [0.717, 1.165) is 6.08 Å². The van der Waals surface area contributed by atoms with Crippen LogP contribution in [-0.4, -0.2) is 38.5 Å². The zero-order chi connectivity index (χ0) is 21.9. The lowest BCUT2D eigenvalue weighted by Crippen LogP contribution is -2.17. The van der Waals surface area contributed by atoms with Crippen LogP contribution in [0.2, 0.25) is 0 Å². The molecule has 0 atom stereocenters. The topological polar surface area (TPSA) is 130 Å². The molecule has 0 fully saturated rings. The van der Waals surface area contributed by atoms with E-state index in [0.29, 0.717) is 17.0 Å². The minimum atomic E-state index is -1.10. The Balaban J connectivity index is 0.000000456. The second kappa shape index (κ2) is 11.0. The number of hydrogen-bond acceptors (Lipinski definition) is 6. The Bertz CT molecular complexity index is 1060. The van der Waals surface area contributed by atoms with Crippen LogP contribution in [0.3, 0.4) is 0 Å². The van der Waals surface area contributed by atoms with Gasteiger partial charge >= 0.3 is 5.97 Å². The predicted octanol–water partition coefficient (Wildman–Crippen LogP) is 2.83. The molecule has 30 heavy (non-hydrogen) atoms. The molecule has 2 heterocycles. The summed E-state index contributed by atoms with van der Waals surface area (Å²) in [4.78, 5) is 40.6. The number of carboxylic acid groups (broad SMARTS) is 1. The van der Waals surface area contributed by atoms with Crippen LogP contribution in [0.4, 0.5) is 0 Å². The standard InChI is InChI=1S/C17H15NO6.C5H5N/c1-10-7-14(20)16(17(23)18-10)13(19)6-5-11-3-2-4-12(8-11)24-9-15(21)22;1-2-4-6-5-3-1/h2-8H,9H2,1H3,(H,21,22)(H2,18,20,23);1-5H/b6-5+;. The average Bonchev–Trinajstić information content (AvgIpc) is 2.72. The van der Waals surface area contributed by atoms with Gasteiger partial charge in [-0.05, 0) is 48.9 Å². The fourth-order valence-electron chi connectivity index (χ4n) is 2.33. The van der Waals surface area contributed by atoms with Crippen LogP contribution in [0, 0.1) is 6.92 Å². The number of aryl methyl sites for hydroxylation is 1. The van der Waals surface area contributed by atoms with Gasteiger partial charge in [-0.1, -0.05) is 24.3 Å². The number of ketones is 1. The highest BCUT2D eigenvalue weighted by molar-refractivity contribution is 6.08. The third-order valence-electron chi connectivity index (χ3n) is 3.61. The van der Waals surface area contributed by atoms with Gasteiger partial charge in [0, 0.05) is 18.1 Å². The Labute approximate surface area is 172 Å². The van der Waals surface area contributed by atoms with Gasteiger partial charge in [0.2, 0.25) is 0 Å². The molecular weight excluding hydrogens is 388 g/mol. The molecule has 0 radical (unpaired) electrons. The molecule has 8 heteroatoms. The quantitative estimate of drug-likeness (QED) is 0.422. The highest BCUT2D eigenvalue weighted by Gasteiger charge is 2.13. The summed E-state index contributed by atoms with van der Waals surface area (Å²) in [6, 6.07) is 13.5. The minimum Gasteiger partial charge on any atom is -0.507 e. The number of hydrogen-bond donors (Lipinski definition) is 3. The second-order valence-corrected chi connectivity index (χ2v) is 6.02. The summed E-state index contributed by atoms with van der Waals surface area (Å²) in [5.41, 5.74) is 0.0198. The maximum atomic E-state index is 12.1. The number of carbonyl (C=O) groups excluding carboxylic acids is 1. The van der Waals surface area contributed by atoms with Gasteiger partial charge < -0.3 is 19.9 Å². The zero-order valence-corrected chi connectivity index (χ0v) is 16.1. The summed E-state index contributed by atoms with van der Waals surface area (Å²) in [6.45, 7) is 1.12. The van der Waals surface area contributed by atoms with Crippen LogP contribution in [0.1, 0.15) is 21.6 Å². The summed E-state index contributed by atoms with van der Waals surface area (Å²) in [5.74, 6) is -1.79. The van der Waals surface area contributed by atoms with Crippen molar-refractivity contribution in [1.29, 1.82) is 0 Å². The van der Waals surface area contributed by atoms with E-state index in [-0.39, 0.29) is 11.3 Å². The lowest BCUT2D eigenvalue weighted by Gasteiger charge is -2.04. The smallest absolute Gasteiger partial charge is 0.341 e. The number of rotatable bonds is 6. The molecule has 0 bridgehead atoms. The van der Waals surface area contributed by atoms with Crippen molar-refractivity contribution < 1.29 is 24.5 Å². The Kier molecular flexibility index (Phi) is 8.07. The zero-order valence-electron chi connectivity index (χ0n) is 16.1. The van der Waals surface area contributed by atoms with E-state index < -0.39 is 23.9 Å². The summed E-state index contributed by atoms with van der Waals surface area (Å²) < 4.78 is 5.04. The fraction of sp³-hybridized carbons (Fsp3) is 0.0909. The number of pyridine rings is 2. The lowest BCUT2D eigenvalue weighted by molar-refractivity contribution is -0.139. The number of ether oxygens (including phenoxy) is 1. The third-order valence-corrected chi connectivity index (χ3v) is 3.61. The van der Waals surface area contributed by atoms with Crippen LogP contribution in [0.15, 0.2) is 71.8 Å². The molecule has 0 unspecified atom stereocenters. The SMILES string of the molecule is Cc1cc(O)c(C(=O)/C=C/c2cccc(OCC(=O)O)c2)c(=O)[nH]1.c1ccncc1. The first-order valence-corrected chi connectivity index (χ1v) is 8.82. The van der Waals surface area contributed by atoms with Gasteiger partial charge in [-0.2, -0.15) is 0 Å². The molecule has 0 spiro atoms. The largest absolute Gasteiger partial charge is 0.507 e. The number of benzene rings is 1. The molecule has 0 aliphatic carbocycles. The fourth-order valence-corrected chi connectivity index (χ4v) is 2.33. The molecule has 0 saturated carbocycles. The molecule has 2 aromatic heterocycles. The molecule has 1 aromatic carbocycles. The predicted molar refractivity (Wildman–Crippen MR) is 111 cm³/mol. The van der Waals surface area contributed by atoms with E-state index in [1.165, 1.54) is 12.1 Å². The number of nitrogens with one attached hydrogen (secondary N) is 1. The maximum absolute atomic E-state index is 12.1. The van der Waals surface area contributed by atoms with E-state index in [1.807, 2.05) is 18.2 Å². The van der Waals surface area contributed by atoms with Gasteiger partial charge in [-0.25, -0.2) is 4.79 Å². The minimum absolute atomic E-state index is 0.336. The number of carbonyl (C=O) groups is 2. The first kappa shape index (κ1) is 22.1. The van der Waals surface area contributed by atoms with Crippen molar-refractivity contribution >= 4 is 17.8 Å². The maximum Gasteiger partial charge on any atom is 0.341 e. The number of aromatic nitrogens is 2. The van der Waals surface area contributed by atoms with Crippen LogP contribution < -0.4 is 10.3 Å². The Morgan fingerprint density at radius 3 is 2.43 bits per heavy atom. The molecular formula is C22H20N2O6. The van der Waals surface area contributed by atoms with Crippen LogP contribution >= 0.6 is 0 Å². The molecule has 0 aliphatic heterocycles. The van der Waals surface area contributed by atoms with Gasteiger partial charge in [-0.15, -0.1) is 0 Å². The number of aromatic amines is 1. The van der Waals surface area contributed by atoms with Crippen LogP contribution in [0.5, 0.6) is 11.5 Å². The van der Waals surface area contributed by atoms with E-state index >= 15 is 0 Å². The molecule has 3 aromatic rings. The lowest BCUT2D eigenvalue weighted by atomic mass is 10.1. The van der Waals surface area contributed by atoms with Crippen LogP contribution in [0.25, 0.3) is 6.08 Å². The van der Waals surface area contributed by atoms with Crippen molar-refractivity contribution in [2.45, 2.75) is 6.92 Å². The van der Waals surface area contributed by atoms with E-state index in [2.05, 4.69) is 9.97 Å². The first-order valence-electron chi connectivity index (χ1n) is 8.82. The number of nitrogens with zero attached hydrogens (tertiary/aromatic N) is 1. The van der Waals surface area contributed by atoms with Gasteiger partial charge in [0.05, 0.1) is 0 Å². The molecule has 3 rings (SSSR count). The van der Waals surface area contributed by atoms with Crippen molar-refractivity contribution in [3.05, 3.63) is 94.2 Å². The molecule has 3 N–H and O–H groups in total.